The maximum atomic E-state index is 5.88. The highest BCUT2D eigenvalue weighted by atomic mass is 16.5. The molecule has 0 aliphatic heterocycles. The predicted octanol–water partition coefficient (Wildman–Crippen LogP) is 2.59. The molecule has 0 bridgehead atoms. The van der Waals surface area contributed by atoms with Crippen molar-refractivity contribution in [3.8, 4) is 5.88 Å². The largest absolute Gasteiger partial charge is 0.474 e. The van der Waals surface area contributed by atoms with Crippen molar-refractivity contribution < 1.29 is 4.74 Å². The highest BCUT2D eigenvalue weighted by Crippen LogP contribution is 2.29. The van der Waals surface area contributed by atoms with Crippen LogP contribution < -0.4 is 16.2 Å². The van der Waals surface area contributed by atoms with Gasteiger partial charge in [0, 0.05) is 6.07 Å². The minimum Gasteiger partial charge on any atom is -0.474 e. The Morgan fingerprint density at radius 3 is 2.88 bits per heavy atom. The fraction of sp³-hybridized carbons (Fsp3) is 0.615. The zero-order valence-electron chi connectivity index (χ0n) is 10.4. The van der Waals surface area contributed by atoms with Gasteiger partial charge in [-0.3, -0.25) is 0 Å². The molecule has 0 aromatic carbocycles. The van der Waals surface area contributed by atoms with Crippen LogP contribution in [0.5, 0.6) is 5.88 Å². The molecule has 1 heterocycles. The quantitative estimate of drug-likeness (QED) is 0.844. The Morgan fingerprint density at radius 1 is 1.35 bits per heavy atom. The second-order valence-electron chi connectivity index (χ2n) is 4.80. The third-order valence-corrected chi connectivity index (χ3v) is 3.53. The van der Waals surface area contributed by atoms with Crippen LogP contribution in [-0.4, -0.2) is 11.1 Å². The van der Waals surface area contributed by atoms with Gasteiger partial charge in [-0.25, -0.2) is 0 Å². The first-order valence-electron chi connectivity index (χ1n) is 6.37. The van der Waals surface area contributed by atoms with Crippen LogP contribution >= 0.6 is 0 Å². The second-order valence-corrected chi connectivity index (χ2v) is 4.80. The molecule has 4 heteroatoms. The van der Waals surface area contributed by atoms with Gasteiger partial charge >= 0.3 is 0 Å². The number of aromatic nitrogens is 1. The topological polar surface area (TPSA) is 74.2 Å². The van der Waals surface area contributed by atoms with Gasteiger partial charge in [0.1, 0.15) is 6.10 Å². The number of ether oxygens (including phenoxy) is 1. The monoisotopic (exact) mass is 235 g/mol. The first-order chi connectivity index (χ1) is 8.19. The molecule has 4 nitrogen and oxygen atoms in total. The number of nitrogen functional groups attached to an aromatic ring is 2. The van der Waals surface area contributed by atoms with Gasteiger partial charge in [0.25, 0.3) is 0 Å². The van der Waals surface area contributed by atoms with Gasteiger partial charge in [0.15, 0.2) is 5.82 Å². The molecule has 2 unspecified atom stereocenters. The molecule has 2 atom stereocenters. The molecule has 1 aliphatic rings. The minimum absolute atomic E-state index is 0.282. The lowest BCUT2D eigenvalue weighted by Crippen LogP contribution is -2.25. The van der Waals surface area contributed by atoms with Crippen molar-refractivity contribution in [1.82, 2.24) is 4.98 Å². The Kier molecular flexibility index (Phi) is 3.71. The number of nitrogens with two attached hydrogens (primary N) is 2. The van der Waals surface area contributed by atoms with E-state index in [0.717, 1.165) is 18.8 Å². The van der Waals surface area contributed by atoms with Gasteiger partial charge in [-0.1, -0.05) is 19.8 Å². The molecule has 94 valence electrons. The standard InChI is InChI=1S/C13H21N3O/c1-2-9-4-3-5-10(8-9)17-12-7-6-11(14)13(15)16-12/h6-7,9-10H,2-5,8,14H2,1H3,(H2,15,16). The van der Waals surface area contributed by atoms with Crippen LogP contribution in [0.2, 0.25) is 0 Å². The molecule has 0 amide bonds. The van der Waals surface area contributed by atoms with E-state index in [4.69, 9.17) is 16.2 Å². The van der Waals surface area contributed by atoms with Crippen molar-refractivity contribution >= 4 is 11.5 Å². The summed E-state index contributed by atoms with van der Waals surface area (Å²) in [7, 11) is 0. The van der Waals surface area contributed by atoms with Crippen molar-refractivity contribution in [3.63, 3.8) is 0 Å². The highest BCUT2D eigenvalue weighted by Gasteiger charge is 2.22. The van der Waals surface area contributed by atoms with E-state index in [0.29, 0.717) is 17.4 Å². The number of hydrogen-bond acceptors (Lipinski definition) is 4. The molecule has 1 aromatic heterocycles. The molecule has 0 radical (unpaired) electrons. The molecule has 1 aromatic rings. The fourth-order valence-corrected chi connectivity index (χ4v) is 2.42. The third-order valence-electron chi connectivity index (χ3n) is 3.53. The SMILES string of the molecule is CCC1CCCC(Oc2ccc(N)c(N)n2)C1. The normalized spacial score (nSPS) is 24.5. The first kappa shape index (κ1) is 12.0. The van der Waals surface area contributed by atoms with Gasteiger partial charge in [0.05, 0.1) is 5.69 Å². The van der Waals surface area contributed by atoms with Crippen molar-refractivity contribution in [2.45, 2.75) is 45.1 Å². The van der Waals surface area contributed by atoms with Crippen molar-refractivity contribution in [2.75, 3.05) is 11.5 Å². The summed E-state index contributed by atoms with van der Waals surface area (Å²) in [5.41, 5.74) is 11.8. The lowest BCUT2D eigenvalue weighted by Gasteiger charge is -2.28. The molecule has 0 spiro atoms. The van der Waals surface area contributed by atoms with E-state index in [1.54, 1.807) is 12.1 Å². The Bertz CT molecular complexity index is 381. The molecule has 2 rings (SSSR count). The molecule has 1 saturated carbocycles. The first-order valence-corrected chi connectivity index (χ1v) is 6.37. The predicted molar refractivity (Wildman–Crippen MR) is 69.7 cm³/mol. The van der Waals surface area contributed by atoms with Crippen LogP contribution in [0, 0.1) is 5.92 Å². The maximum absolute atomic E-state index is 5.88. The van der Waals surface area contributed by atoms with E-state index < -0.39 is 0 Å². The van der Waals surface area contributed by atoms with Crippen LogP contribution in [0.4, 0.5) is 11.5 Å². The minimum atomic E-state index is 0.282. The molecule has 1 fully saturated rings. The molecule has 17 heavy (non-hydrogen) atoms. The average molecular weight is 235 g/mol. The molecular weight excluding hydrogens is 214 g/mol. The van der Waals surface area contributed by atoms with Crippen molar-refractivity contribution in [2.24, 2.45) is 5.92 Å². The Labute approximate surface area is 102 Å². The summed E-state index contributed by atoms with van der Waals surface area (Å²) >= 11 is 0. The Morgan fingerprint density at radius 2 is 2.18 bits per heavy atom. The van der Waals surface area contributed by atoms with Gasteiger partial charge < -0.3 is 16.2 Å². The van der Waals surface area contributed by atoms with Crippen LogP contribution in [0.15, 0.2) is 12.1 Å². The summed E-state index contributed by atoms with van der Waals surface area (Å²) in [6.45, 7) is 2.24. The summed E-state index contributed by atoms with van der Waals surface area (Å²) in [6, 6.07) is 3.54. The maximum Gasteiger partial charge on any atom is 0.215 e. The van der Waals surface area contributed by atoms with Gasteiger partial charge in [-0.15, -0.1) is 0 Å². The summed E-state index contributed by atoms with van der Waals surface area (Å²) in [5.74, 6) is 1.74. The summed E-state index contributed by atoms with van der Waals surface area (Å²) in [4.78, 5) is 4.15. The Balaban J connectivity index is 1.97. The summed E-state index contributed by atoms with van der Waals surface area (Å²) in [6.07, 6.45) is 6.33. The second kappa shape index (κ2) is 5.25. The van der Waals surface area contributed by atoms with Gasteiger partial charge in [-0.2, -0.15) is 4.98 Å². The molecule has 4 N–H and O–H groups in total. The van der Waals surface area contributed by atoms with Crippen LogP contribution in [-0.2, 0) is 0 Å². The van der Waals surface area contributed by atoms with Gasteiger partial charge in [-0.05, 0) is 31.2 Å². The van der Waals surface area contributed by atoms with E-state index >= 15 is 0 Å². The van der Waals surface area contributed by atoms with E-state index in [9.17, 15) is 0 Å². The number of rotatable bonds is 3. The third kappa shape index (κ3) is 3.02. The zero-order valence-corrected chi connectivity index (χ0v) is 10.4. The fourth-order valence-electron chi connectivity index (χ4n) is 2.42. The van der Waals surface area contributed by atoms with E-state index in [1.165, 1.54) is 19.3 Å². The number of anilines is 2. The van der Waals surface area contributed by atoms with Gasteiger partial charge in [0.2, 0.25) is 5.88 Å². The number of pyridine rings is 1. The van der Waals surface area contributed by atoms with Crippen molar-refractivity contribution in [3.05, 3.63) is 12.1 Å². The number of hydrogen-bond donors (Lipinski definition) is 2. The zero-order chi connectivity index (χ0) is 12.3. The molecule has 0 saturated heterocycles. The van der Waals surface area contributed by atoms with E-state index in [-0.39, 0.29) is 6.10 Å². The summed E-state index contributed by atoms with van der Waals surface area (Å²) < 4.78 is 5.88. The van der Waals surface area contributed by atoms with Crippen LogP contribution in [0.25, 0.3) is 0 Å². The van der Waals surface area contributed by atoms with Crippen molar-refractivity contribution in [1.29, 1.82) is 0 Å². The van der Waals surface area contributed by atoms with E-state index in [2.05, 4.69) is 11.9 Å². The molecular formula is C13H21N3O. The van der Waals surface area contributed by atoms with Crippen LogP contribution in [0.3, 0.4) is 0 Å². The number of nitrogens with zero attached hydrogens (tertiary/aromatic N) is 1. The van der Waals surface area contributed by atoms with E-state index in [1.807, 2.05) is 0 Å². The molecule has 1 aliphatic carbocycles. The van der Waals surface area contributed by atoms with Crippen LogP contribution in [0.1, 0.15) is 39.0 Å². The smallest absolute Gasteiger partial charge is 0.215 e. The lowest BCUT2D eigenvalue weighted by atomic mass is 9.85. The Hall–Kier alpha value is -1.45. The lowest BCUT2D eigenvalue weighted by molar-refractivity contribution is 0.117. The average Bonchev–Trinajstić information content (AvgIpc) is 2.34. The summed E-state index contributed by atoms with van der Waals surface area (Å²) in [5, 5.41) is 0. The highest BCUT2D eigenvalue weighted by molar-refractivity contribution is 5.58.